The minimum absolute atomic E-state index is 0.0443. The number of anilines is 1. The number of nitrogens with one attached hydrogen (secondary N) is 2. The van der Waals surface area contributed by atoms with Crippen LogP contribution in [0.4, 0.5) is 5.95 Å². The quantitative estimate of drug-likeness (QED) is 0.0491. The van der Waals surface area contributed by atoms with Gasteiger partial charge in [-0.1, -0.05) is 4.98 Å². The average molecular weight is 875 g/mol. The fourth-order valence-corrected chi connectivity index (χ4v) is 11.3. The number of hydrogen-bond acceptors (Lipinski definition) is 19. The van der Waals surface area contributed by atoms with E-state index in [1.807, 2.05) is 0 Å². The van der Waals surface area contributed by atoms with Gasteiger partial charge < -0.3 is 54.6 Å². The van der Waals surface area contributed by atoms with Crippen LogP contribution in [0.2, 0.25) is 0 Å². The van der Waals surface area contributed by atoms with Crippen LogP contribution < -0.4 is 21.4 Å². The van der Waals surface area contributed by atoms with Gasteiger partial charge >= 0.3 is 28.0 Å². The van der Waals surface area contributed by atoms with Crippen LogP contribution in [0.5, 0.6) is 0 Å². The number of aromatic amines is 2. The summed E-state index contributed by atoms with van der Waals surface area (Å²) in [5, 5.41) is 22.1. The highest BCUT2D eigenvalue weighted by atomic mass is 32.5. The van der Waals surface area contributed by atoms with Crippen LogP contribution in [0.3, 0.4) is 0 Å². The summed E-state index contributed by atoms with van der Waals surface area (Å²) in [4.78, 5) is 73.4. The zero-order chi connectivity index (χ0) is 41.1. The molecule has 2 saturated heterocycles. The number of methoxy groups -OCH3 is 1. The van der Waals surface area contributed by atoms with Gasteiger partial charge in [0.25, 0.3) is 17.1 Å². The molecule has 2 fully saturated rings. The third kappa shape index (κ3) is 8.89. The second-order valence-corrected chi connectivity index (χ2v) is 18.9. The maximum Gasteiger partial charge on any atom is 0.479 e. The number of aryl methyl sites for hydroxylation is 2. The summed E-state index contributed by atoms with van der Waals surface area (Å²) in [5.41, 5.74) is 4.81. The fourth-order valence-electron chi connectivity index (χ4n) is 6.24. The van der Waals surface area contributed by atoms with E-state index in [-0.39, 0.29) is 34.1 Å². The van der Waals surface area contributed by atoms with E-state index in [1.54, 1.807) is 20.9 Å². The summed E-state index contributed by atoms with van der Waals surface area (Å²) < 4.78 is 71.7. The Labute approximate surface area is 319 Å². The summed E-state index contributed by atoms with van der Waals surface area (Å²) in [6.07, 6.45) is -8.27. The standard InChI is InChI=1S/C26H38N9O17P3S/c1-10(2)48-18-13(50-24(17(18)37)34-8-28-14-20(34)29-11(3)30-22(14)38)7-47-54(42,43)52-55(44,56)51-53(40,41)46-6-12-16(36)19(45-5)25(49-12)35-9-33(4)15-21(35)31-26(27)32-23(15)39/h8-10,12-13,16-19,24-25,36-37H,6-7H2,1-5H3,(H6-,27,29,30,31,32,38,39,40,41,42,43,44,56)/p+1/t12-,13-,16?,17?,18+,19+,24-,25-,55?/m1/s1. The van der Waals surface area contributed by atoms with Crippen LogP contribution in [0, 0.1) is 6.92 Å². The van der Waals surface area contributed by atoms with Crippen molar-refractivity contribution in [1.82, 2.24) is 34.1 Å². The Morgan fingerprint density at radius 2 is 1.64 bits per heavy atom. The lowest BCUT2D eigenvalue weighted by Crippen LogP contribution is -2.47. The summed E-state index contributed by atoms with van der Waals surface area (Å²) in [6.45, 7) is -2.00. The molecule has 5 unspecified atom stereocenters. The maximum atomic E-state index is 12.9. The van der Waals surface area contributed by atoms with Crippen LogP contribution in [0.15, 0.2) is 22.2 Å². The number of hydrogen-bond donors (Lipinski definition) is 8. The lowest BCUT2D eigenvalue weighted by Gasteiger charge is -2.24. The van der Waals surface area contributed by atoms with Crippen molar-refractivity contribution in [3.05, 3.63) is 39.2 Å². The van der Waals surface area contributed by atoms with Crippen molar-refractivity contribution in [2.45, 2.75) is 76.0 Å². The molecule has 0 spiro atoms. The number of ether oxygens (including phenoxy) is 4. The number of nitrogens with zero attached hydrogens (tertiary/aromatic N) is 6. The predicted octanol–water partition coefficient (Wildman–Crippen LogP) is -1.62. The molecule has 0 aromatic carbocycles. The normalized spacial score (nSPS) is 28.9. The number of aliphatic hydroxyl groups excluding tert-OH is 2. The first-order valence-corrected chi connectivity index (χ1v) is 21.9. The molecule has 0 bridgehead atoms. The van der Waals surface area contributed by atoms with E-state index in [9.17, 15) is 43.6 Å². The Morgan fingerprint density at radius 3 is 2.27 bits per heavy atom. The predicted molar refractivity (Wildman–Crippen MR) is 190 cm³/mol. The zero-order valence-corrected chi connectivity index (χ0v) is 33.4. The first-order valence-electron chi connectivity index (χ1n) is 16.3. The van der Waals surface area contributed by atoms with Gasteiger partial charge in [-0.2, -0.15) is 0 Å². The fraction of sp³-hybridized carbons (Fsp3) is 0.615. The first-order chi connectivity index (χ1) is 26.1. The molecule has 310 valence electrons. The first kappa shape index (κ1) is 42.7. The Hall–Kier alpha value is -2.91. The van der Waals surface area contributed by atoms with Crippen LogP contribution >= 0.6 is 22.4 Å². The summed E-state index contributed by atoms with van der Waals surface area (Å²) in [6, 6.07) is 0. The number of phosphoric ester groups is 2. The Morgan fingerprint density at radius 1 is 1.00 bits per heavy atom. The summed E-state index contributed by atoms with van der Waals surface area (Å²) >= 11 is 4.69. The topological polar surface area (TPSA) is 353 Å². The molecule has 2 aliphatic heterocycles. The van der Waals surface area contributed by atoms with E-state index in [1.165, 1.54) is 40.4 Å². The Kier molecular flexibility index (Phi) is 12.2. The highest BCUT2D eigenvalue weighted by Gasteiger charge is 2.51. The SMILES string of the molecule is CO[C@H]1C(O)[C@@H](COP(=O)(O)OP(O)(=S)OP(=O)(O)OC[C@H]2O[C@@H](n3cnc4c(=O)[nH]c(C)nc43)C(O)[C@H]2OC(C)C)O[C@H]1[n+]1cn(C)c2c(=O)[nH]c(N)nc21. The van der Waals surface area contributed by atoms with Gasteiger partial charge in [0, 0.05) is 7.11 Å². The Balaban J connectivity index is 1.09. The monoisotopic (exact) mass is 874 g/mol. The molecule has 6 rings (SSSR count). The highest BCUT2D eigenvalue weighted by Crippen LogP contribution is 2.68. The zero-order valence-electron chi connectivity index (χ0n) is 29.9. The van der Waals surface area contributed by atoms with E-state index in [4.69, 9.17) is 45.5 Å². The number of H-pyrrole nitrogens is 2. The van der Waals surface area contributed by atoms with Gasteiger partial charge in [0.15, 0.2) is 23.7 Å². The molecular weight excluding hydrogens is 835 g/mol. The molecule has 6 heterocycles. The number of aromatic nitrogens is 8. The summed E-state index contributed by atoms with van der Waals surface area (Å²) in [5.74, 6) is 0.0473. The van der Waals surface area contributed by atoms with Gasteiger partial charge in [0.2, 0.25) is 11.7 Å². The van der Waals surface area contributed by atoms with Crippen molar-refractivity contribution < 1.29 is 75.2 Å². The molecule has 0 saturated carbocycles. The van der Waals surface area contributed by atoms with Crippen molar-refractivity contribution in [3.8, 4) is 0 Å². The van der Waals surface area contributed by atoms with Gasteiger partial charge in [0.05, 0.1) is 32.7 Å². The lowest BCUT2D eigenvalue weighted by atomic mass is 10.1. The summed E-state index contributed by atoms with van der Waals surface area (Å²) in [7, 11) is -8.07. The number of nitrogen functional groups attached to an aromatic ring is 1. The number of phosphoric acid groups is 2. The lowest BCUT2D eigenvalue weighted by molar-refractivity contribution is -0.746. The van der Waals surface area contributed by atoms with Gasteiger partial charge in [0.1, 0.15) is 42.4 Å². The third-order valence-electron chi connectivity index (χ3n) is 8.43. The molecule has 26 nitrogen and oxygen atoms in total. The molecule has 2 aliphatic rings. The van der Waals surface area contributed by atoms with Crippen LogP contribution in [0.1, 0.15) is 32.1 Å². The number of rotatable bonds is 15. The van der Waals surface area contributed by atoms with Crippen LogP contribution in [-0.2, 0) is 64.6 Å². The molecule has 30 heteroatoms. The molecule has 0 aliphatic carbocycles. The van der Waals surface area contributed by atoms with E-state index in [0.717, 1.165) is 0 Å². The molecule has 9 N–H and O–H groups in total. The molecule has 0 amide bonds. The third-order valence-corrected chi connectivity index (χ3v) is 13.9. The Bertz CT molecular complexity index is 2370. The average Bonchev–Trinajstić information content (AvgIpc) is 3.80. The number of fused-ring (bicyclic) bond motifs is 2. The van der Waals surface area contributed by atoms with E-state index in [2.05, 4.69) is 33.5 Å². The second kappa shape index (κ2) is 16.0. The maximum absolute atomic E-state index is 12.9. The van der Waals surface area contributed by atoms with Gasteiger partial charge in [-0.05, 0) is 32.6 Å². The van der Waals surface area contributed by atoms with Gasteiger partial charge in [-0.15, -0.1) is 0 Å². The van der Waals surface area contributed by atoms with Crippen LogP contribution in [-0.4, -0.2) is 122 Å². The van der Waals surface area contributed by atoms with Crippen molar-refractivity contribution in [3.63, 3.8) is 0 Å². The van der Waals surface area contributed by atoms with E-state index in [0.29, 0.717) is 0 Å². The van der Waals surface area contributed by atoms with Crippen molar-refractivity contribution in [1.29, 1.82) is 0 Å². The molecule has 0 radical (unpaired) electrons. The minimum atomic E-state index is -5.44. The largest absolute Gasteiger partial charge is 0.479 e. The molecule has 56 heavy (non-hydrogen) atoms. The number of nitrogens with two attached hydrogens (primary N) is 1. The highest BCUT2D eigenvalue weighted by molar-refractivity contribution is 8.09. The minimum Gasteiger partial charge on any atom is -0.387 e. The molecule has 4 aromatic rings. The van der Waals surface area contributed by atoms with E-state index >= 15 is 0 Å². The number of imidazole rings is 2. The smallest absolute Gasteiger partial charge is 0.387 e. The van der Waals surface area contributed by atoms with Gasteiger partial charge in [-0.25, -0.2) is 32.3 Å². The van der Waals surface area contributed by atoms with Crippen molar-refractivity contribution in [2.75, 3.05) is 26.1 Å². The molecule has 4 aromatic heterocycles. The molecular formula is C26H39N9O17P3S+. The van der Waals surface area contributed by atoms with Crippen LogP contribution in [0.25, 0.3) is 22.3 Å². The molecule has 11 atom stereocenters. The van der Waals surface area contributed by atoms with Crippen molar-refractivity contribution in [2.24, 2.45) is 7.05 Å². The second-order valence-electron chi connectivity index (χ2n) is 12.9. The van der Waals surface area contributed by atoms with Crippen molar-refractivity contribution >= 4 is 62.4 Å². The van der Waals surface area contributed by atoms with E-state index < -0.39 is 102 Å². The number of aliphatic hydroxyl groups is 2. The van der Waals surface area contributed by atoms with Gasteiger partial charge in [-0.3, -0.25) is 32.8 Å².